The van der Waals surface area contributed by atoms with Crippen molar-refractivity contribution in [2.45, 2.75) is 132 Å². The molecule has 2 heteroatoms. The first-order chi connectivity index (χ1) is 16.2. The molecule has 1 nitrogen and oxygen atoms in total. The summed E-state index contributed by atoms with van der Waals surface area (Å²) >= 11 is 0. The van der Waals surface area contributed by atoms with Crippen molar-refractivity contribution in [3.63, 3.8) is 0 Å². The minimum Gasteiger partial charge on any atom is -0.496 e. The lowest BCUT2D eigenvalue weighted by Gasteiger charge is -2.44. The summed E-state index contributed by atoms with van der Waals surface area (Å²) in [5.74, 6) is 1.08. The maximum Gasteiger partial charge on any atom is 0.125 e. The smallest absolute Gasteiger partial charge is 0.125 e. The molecule has 0 unspecified atom stereocenters. The van der Waals surface area contributed by atoms with E-state index in [1.54, 1.807) is 16.4 Å². The lowest BCUT2D eigenvalue weighted by Crippen LogP contribution is -2.34. The van der Waals surface area contributed by atoms with Gasteiger partial charge in [-0.3, -0.25) is 0 Å². The van der Waals surface area contributed by atoms with Crippen LogP contribution in [-0.4, -0.2) is 17.4 Å². The van der Waals surface area contributed by atoms with Gasteiger partial charge in [0.15, 0.2) is 0 Å². The van der Waals surface area contributed by atoms with Gasteiger partial charge in [0.25, 0.3) is 0 Å². The molecule has 0 aromatic heterocycles. The molecule has 0 N–H and O–H groups in total. The van der Waals surface area contributed by atoms with Gasteiger partial charge in [0.2, 0.25) is 0 Å². The molecule has 0 heterocycles. The molecule has 0 atom stereocenters. The summed E-state index contributed by atoms with van der Waals surface area (Å²) < 4.78 is 6.08. The molecule has 0 saturated carbocycles. The van der Waals surface area contributed by atoms with E-state index in [1.807, 2.05) is 7.11 Å². The zero-order valence-electron chi connectivity index (χ0n) is 25.3. The first-order valence-corrected chi connectivity index (χ1v) is 15.2. The summed E-state index contributed by atoms with van der Waals surface area (Å²) in [5, 5.41) is 1.92. The average Bonchev–Trinajstić information content (AvgIpc) is 2.72. The molecular formula is C33H53OP. The molecule has 0 aliphatic heterocycles. The second-order valence-corrected chi connectivity index (χ2v) is 16.1. The highest BCUT2D eigenvalue weighted by Gasteiger charge is 2.40. The summed E-state index contributed by atoms with van der Waals surface area (Å²) in [6, 6.07) is 5.08. The van der Waals surface area contributed by atoms with E-state index in [2.05, 4.69) is 95.2 Å². The minimum atomic E-state index is -0.491. The molecule has 0 fully saturated rings. The largest absolute Gasteiger partial charge is 0.496 e. The van der Waals surface area contributed by atoms with Crippen LogP contribution >= 0.6 is 7.92 Å². The van der Waals surface area contributed by atoms with Crippen LogP contribution < -0.4 is 10.0 Å². The van der Waals surface area contributed by atoms with E-state index in [0.29, 0.717) is 0 Å². The molecule has 0 spiro atoms. The third-order valence-corrected chi connectivity index (χ3v) is 10.9. The standard InChI is InChI=1S/C33H53OP/c1-14-17-25-20-26(18-15-2)29(27(21-25)19-16-3)28-22(4)23(5)30(34-13)24(6)31(28)35(32(7,8)9)33(10,11)12/h20-21H,14-19H2,1-13H3. The zero-order chi connectivity index (χ0) is 26.7. The molecule has 35 heavy (non-hydrogen) atoms. The van der Waals surface area contributed by atoms with Crippen molar-refractivity contribution in [1.82, 2.24) is 0 Å². The van der Waals surface area contributed by atoms with E-state index in [0.717, 1.165) is 25.0 Å². The van der Waals surface area contributed by atoms with Crippen LogP contribution in [0.3, 0.4) is 0 Å². The number of hydrogen-bond donors (Lipinski definition) is 0. The molecule has 2 aromatic carbocycles. The predicted octanol–water partition coefficient (Wildman–Crippen LogP) is 9.85. The van der Waals surface area contributed by atoms with Gasteiger partial charge in [0.1, 0.15) is 5.75 Å². The Morgan fingerprint density at radius 1 is 0.657 bits per heavy atom. The molecular weight excluding hydrogens is 443 g/mol. The lowest BCUT2D eigenvalue weighted by atomic mass is 9.84. The van der Waals surface area contributed by atoms with Gasteiger partial charge in [-0.15, -0.1) is 0 Å². The Labute approximate surface area is 219 Å². The average molecular weight is 497 g/mol. The van der Waals surface area contributed by atoms with Gasteiger partial charge in [-0.05, 0) is 100 Å². The fraction of sp³-hybridized carbons (Fsp3) is 0.636. The maximum atomic E-state index is 6.08. The Balaban J connectivity index is 3.20. The maximum absolute atomic E-state index is 6.08. The molecule has 2 aromatic rings. The predicted molar refractivity (Wildman–Crippen MR) is 161 cm³/mol. The normalized spacial score (nSPS) is 12.5. The van der Waals surface area contributed by atoms with E-state index < -0.39 is 7.92 Å². The lowest BCUT2D eigenvalue weighted by molar-refractivity contribution is 0.408. The van der Waals surface area contributed by atoms with Crippen LogP contribution in [0.1, 0.15) is 115 Å². The topological polar surface area (TPSA) is 9.23 Å². The summed E-state index contributed by atoms with van der Waals surface area (Å²) in [6.07, 6.45) is 6.97. The Kier molecular flexibility index (Phi) is 10.1. The van der Waals surface area contributed by atoms with Crippen molar-refractivity contribution in [3.05, 3.63) is 45.5 Å². The highest BCUT2D eigenvalue weighted by atomic mass is 31.1. The molecule has 2 rings (SSSR count). The highest BCUT2D eigenvalue weighted by Crippen LogP contribution is 2.61. The highest BCUT2D eigenvalue weighted by molar-refractivity contribution is 7.69. The molecule has 0 radical (unpaired) electrons. The van der Waals surface area contributed by atoms with E-state index in [-0.39, 0.29) is 10.3 Å². The van der Waals surface area contributed by atoms with Crippen LogP contribution in [0, 0.1) is 20.8 Å². The van der Waals surface area contributed by atoms with Gasteiger partial charge in [0.05, 0.1) is 7.11 Å². The van der Waals surface area contributed by atoms with Crippen LogP contribution in [0.15, 0.2) is 12.1 Å². The number of benzene rings is 2. The molecule has 0 aliphatic carbocycles. The van der Waals surface area contributed by atoms with Crippen molar-refractivity contribution in [1.29, 1.82) is 0 Å². The number of hydrogen-bond acceptors (Lipinski definition) is 1. The van der Waals surface area contributed by atoms with Gasteiger partial charge >= 0.3 is 0 Å². The van der Waals surface area contributed by atoms with Crippen LogP contribution in [0.4, 0.5) is 0 Å². The zero-order valence-corrected chi connectivity index (χ0v) is 26.1. The van der Waals surface area contributed by atoms with Crippen molar-refractivity contribution < 1.29 is 4.74 Å². The van der Waals surface area contributed by atoms with Crippen LogP contribution in [0.2, 0.25) is 0 Å². The molecule has 0 amide bonds. The minimum absolute atomic E-state index is 0.178. The van der Waals surface area contributed by atoms with E-state index in [4.69, 9.17) is 4.74 Å². The Hall–Kier alpha value is -1.33. The van der Waals surface area contributed by atoms with Crippen LogP contribution in [0.5, 0.6) is 5.75 Å². The van der Waals surface area contributed by atoms with Crippen molar-refractivity contribution >= 4 is 13.2 Å². The Bertz CT molecular complexity index is 976. The van der Waals surface area contributed by atoms with Gasteiger partial charge in [0, 0.05) is 0 Å². The van der Waals surface area contributed by atoms with Gasteiger partial charge in [-0.1, -0.05) is 102 Å². The first kappa shape index (κ1) is 29.9. The summed E-state index contributed by atoms with van der Waals surface area (Å²) in [7, 11) is 1.36. The molecule has 0 aliphatic rings. The number of ether oxygens (including phenoxy) is 1. The van der Waals surface area contributed by atoms with Crippen molar-refractivity contribution in [3.8, 4) is 16.9 Å². The third-order valence-electron chi connectivity index (χ3n) is 7.17. The van der Waals surface area contributed by atoms with Gasteiger partial charge < -0.3 is 4.74 Å². The number of rotatable bonds is 9. The second-order valence-electron chi connectivity index (χ2n) is 12.3. The molecule has 196 valence electrons. The van der Waals surface area contributed by atoms with E-state index in [1.165, 1.54) is 52.6 Å². The first-order valence-electron chi connectivity index (χ1n) is 13.9. The van der Waals surface area contributed by atoms with E-state index in [9.17, 15) is 0 Å². The summed E-state index contributed by atoms with van der Waals surface area (Å²) in [6.45, 7) is 28.5. The number of methoxy groups -OCH3 is 1. The van der Waals surface area contributed by atoms with Crippen LogP contribution in [0.25, 0.3) is 11.1 Å². The summed E-state index contributed by atoms with van der Waals surface area (Å²) in [4.78, 5) is 0. The monoisotopic (exact) mass is 496 g/mol. The quantitative estimate of drug-likeness (QED) is 0.314. The Morgan fingerprint density at radius 3 is 1.49 bits per heavy atom. The third kappa shape index (κ3) is 6.33. The van der Waals surface area contributed by atoms with Gasteiger partial charge in [-0.25, -0.2) is 0 Å². The van der Waals surface area contributed by atoms with Crippen molar-refractivity contribution in [2.24, 2.45) is 0 Å². The van der Waals surface area contributed by atoms with Gasteiger partial charge in [-0.2, -0.15) is 0 Å². The fourth-order valence-corrected chi connectivity index (χ4v) is 10.5. The second kappa shape index (κ2) is 11.8. The SMILES string of the molecule is CCCc1cc(CCC)c(-c2c(C)c(C)c(OC)c(C)c2P(C(C)(C)C)C(C)(C)C)c(CCC)c1. The molecule has 0 bridgehead atoms. The number of aryl methyl sites for hydroxylation is 3. The van der Waals surface area contributed by atoms with E-state index >= 15 is 0 Å². The van der Waals surface area contributed by atoms with Crippen molar-refractivity contribution in [2.75, 3.05) is 7.11 Å². The summed E-state index contributed by atoms with van der Waals surface area (Å²) in [5.41, 5.74) is 11.7. The Morgan fingerprint density at radius 2 is 1.11 bits per heavy atom. The fourth-order valence-electron chi connectivity index (χ4n) is 6.21. The van der Waals surface area contributed by atoms with Crippen LogP contribution in [-0.2, 0) is 19.3 Å². The molecule has 0 saturated heterocycles.